The Balaban J connectivity index is 2.21. The standard InChI is InChI=1S/C19H28N4O3S2/c1-6-23(13-15-8-7-11-27-15)14-19(24)20-17-12-16(28(25,26)22(4)5)9-10-18(17)21(2)3/h7-12H,6,13-14H2,1-5H3,(H,20,24). The van der Waals surface area contributed by atoms with Crippen molar-refractivity contribution in [3.8, 4) is 0 Å². The average molecular weight is 425 g/mol. The number of amides is 1. The maximum absolute atomic E-state index is 12.7. The summed E-state index contributed by atoms with van der Waals surface area (Å²) >= 11 is 1.66. The van der Waals surface area contributed by atoms with Crippen molar-refractivity contribution in [2.75, 3.05) is 51.5 Å². The summed E-state index contributed by atoms with van der Waals surface area (Å²) in [5.41, 5.74) is 1.22. The highest BCUT2D eigenvalue weighted by atomic mass is 32.2. The van der Waals surface area contributed by atoms with E-state index in [1.807, 2.05) is 48.3 Å². The number of likely N-dealkylation sites (N-methyl/N-ethyl adjacent to an activating group) is 1. The molecule has 0 radical (unpaired) electrons. The van der Waals surface area contributed by atoms with E-state index in [2.05, 4.69) is 5.32 Å². The molecule has 1 aromatic heterocycles. The third kappa shape index (κ3) is 5.54. The molecule has 1 amide bonds. The van der Waals surface area contributed by atoms with E-state index in [-0.39, 0.29) is 17.3 Å². The van der Waals surface area contributed by atoms with Crippen LogP contribution in [0.2, 0.25) is 0 Å². The molecule has 1 heterocycles. The summed E-state index contributed by atoms with van der Waals surface area (Å²) in [6, 6.07) is 8.81. The zero-order chi connectivity index (χ0) is 20.9. The van der Waals surface area contributed by atoms with Crippen LogP contribution in [-0.2, 0) is 21.4 Å². The van der Waals surface area contributed by atoms with Crippen molar-refractivity contribution < 1.29 is 13.2 Å². The molecule has 0 unspecified atom stereocenters. The van der Waals surface area contributed by atoms with Gasteiger partial charge in [0.2, 0.25) is 15.9 Å². The Morgan fingerprint density at radius 1 is 1.14 bits per heavy atom. The molecule has 0 aliphatic rings. The van der Waals surface area contributed by atoms with E-state index in [9.17, 15) is 13.2 Å². The van der Waals surface area contributed by atoms with Gasteiger partial charge in [-0.2, -0.15) is 0 Å². The lowest BCUT2D eigenvalue weighted by atomic mass is 10.2. The van der Waals surface area contributed by atoms with Crippen molar-refractivity contribution in [1.29, 1.82) is 0 Å². The van der Waals surface area contributed by atoms with Crippen molar-refractivity contribution in [3.05, 3.63) is 40.6 Å². The summed E-state index contributed by atoms with van der Waals surface area (Å²) < 4.78 is 26.0. The van der Waals surface area contributed by atoms with Gasteiger partial charge in [0.05, 0.1) is 22.8 Å². The van der Waals surface area contributed by atoms with Gasteiger partial charge in [-0.25, -0.2) is 12.7 Å². The number of hydrogen-bond donors (Lipinski definition) is 1. The molecule has 7 nitrogen and oxygen atoms in total. The number of nitrogens with one attached hydrogen (secondary N) is 1. The first-order valence-corrected chi connectivity index (χ1v) is 11.3. The number of carbonyl (C=O) groups is 1. The monoisotopic (exact) mass is 424 g/mol. The van der Waals surface area contributed by atoms with Crippen LogP contribution >= 0.6 is 11.3 Å². The van der Waals surface area contributed by atoms with Gasteiger partial charge in [0.1, 0.15) is 0 Å². The normalized spacial score (nSPS) is 11.8. The van der Waals surface area contributed by atoms with Gasteiger partial charge in [0.15, 0.2) is 0 Å². The van der Waals surface area contributed by atoms with E-state index in [1.54, 1.807) is 23.5 Å². The molecule has 0 bridgehead atoms. The van der Waals surface area contributed by atoms with Gasteiger partial charge in [0, 0.05) is 39.6 Å². The number of anilines is 2. The minimum atomic E-state index is -3.59. The Labute approximate surface area is 171 Å². The maximum Gasteiger partial charge on any atom is 0.242 e. The van der Waals surface area contributed by atoms with Crippen molar-refractivity contribution in [2.45, 2.75) is 18.4 Å². The van der Waals surface area contributed by atoms with Gasteiger partial charge in [-0.3, -0.25) is 9.69 Å². The van der Waals surface area contributed by atoms with Gasteiger partial charge in [-0.05, 0) is 36.2 Å². The molecule has 9 heteroatoms. The smallest absolute Gasteiger partial charge is 0.242 e. The summed E-state index contributed by atoms with van der Waals surface area (Å²) in [6.07, 6.45) is 0. The summed E-state index contributed by atoms with van der Waals surface area (Å²) in [7, 11) is 3.08. The molecule has 0 aliphatic heterocycles. The van der Waals surface area contributed by atoms with E-state index < -0.39 is 10.0 Å². The van der Waals surface area contributed by atoms with E-state index in [4.69, 9.17) is 0 Å². The van der Waals surface area contributed by atoms with Gasteiger partial charge < -0.3 is 10.2 Å². The predicted molar refractivity (Wildman–Crippen MR) is 116 cm³/mol. The first-order chi connectivity index (χ1) is 13.1. The molecular formula is C19H28N4O3S2. The van der Waals surface area contributed by atoms with Crippen LogP contribution in [0.3, 0.4) is 0 Å². The van der Waals surface area contributed by atoms with Crippen molar-refractivity contribution in [3.63, 3.8) is 0 Å². The number of carbonyl (C=O) groups excluding carboxylic acids is 1. The largest absolute Gasteiger partial charge is 0.376 e. The minimum absolute atomic E-state index is 0.143. The number of benzene rings is 1. The van der Waals surface area contributed by atoms with Gasteiger partial charge in [-0.15, -0.1) is 11.3 Å². The van der Waals surface area contributed by atoms with Crippen molar-refractivity contribution in [1.82, 2.24) is 9.21 Å². The minimum Gasteiger partial charge on any atom is -0.376 e. The Bertz CT molecular complexity index is 894. The summed E-state index contributed by atoms with van der Waals surface area (Å²) in [6.45, 7) is 3.68. The Morgan fingerprint density at radius 2 is 1.86 bits per heavy atom. The molecule has 2 aromatic rings. The molecule has 154 valence electrons. The van der Waals surface area contributed by atoms with Gasteiger partial charge in [0.25, 0.3) is 0 Å². The topological polar surface area (TPSA) is 73.0 Å². The third-order valence-corrected chi connectivity index (χ3v) is 6.95. The second-order valence-electron chi connectivity index (χ2n) is 6.79. The average Bonchev–Trinajstić information content (AvgIpc) is 3.13. The second kappa shape index (κ2) is 9.51. The SMILES string of the molecule is CCN(CC(=O)Nc1cc(S(=O)(=O)N(C)C)ccc1N(C)C)Cc1cccs1. The van der Waals surface area contributed by atoms with E-state index in [1.165, 1.54) is 25.0 Å². The third-order valence-electron chi connectivity index (χ3n) is 4.28. The summed E-state index contributed by atoms with van der Waals surface area (Å²) in [5.74, 6) is -0.180. The van der Waals surface area contributed by atoms with Crippen LogP contribution in [0.15, 0.2) is 40.6 Å². The van der Waals surface area contributed by atoms with E-state index in [0.717, 1.165) is 16.5 Å². The number of hydrogen-bond acceptors (Lipinski definition) is 6. The molecule has 0 fully saturated rings. The van der Waals surface area contributed by atoms with Crippen molar-refractivity contribution >= 4 is 38.6 Å². The molecule has 0 saturated heterocycles. The highest BCUT2D eigenvalue weighted by Crippen LogP contribution is 2.28. The zero-order valence-electron chi connectivity index (χ0n) is 17.0. The second-order valence-corrected chi connectivity index (χ2v) is 9.98. The van der Waals surface area contributed by atoms with Crippen molar-refractivity contribution in [2.24, 2.45) is 0 Å². The van der Waals surface area contributed by atoms with Crippen LogP contribution in [-0.4, -0.2) is 64.8 Å². The van der Waals surface area contributed by atoms with Crippen LogP contribution in [0.1, 0.15) is 11.8 Å². The van der Waals surface area contributed by atoms with Crippen LogP contribution < -0.4 is 10.2 Å². The molecule has 0 spiro atoms. The van der Waals surface area contributed by atoms with Crippen LogP contribution in [0.4, 0.5) is 11.4 Å². The molecule has 1 N–H and O–H groups in total. The van der Waals surface area contributed by atoms with Gasteiger partial charge in [-0.1, -0.05) is 13.0 Å². The molecule has 0 aliphatic carbocycles. The molecule has 2 rings (SSSR count). The first kappa shape index (κ1) is 22.4. The highest BCUT2D eigenvalue weighted by Gasteiger charge is 2.20. The highest BCUT2D eigenvalue weighted by molar-refractivity contribution is 7.89. The van der Waals surface area contributed by atoms with Crippen LogP contribution in [0, 0.1) is 0 Å². The Morgan fingerprint density at radius 3 is 2.39 bits per heavy atom. The van der Waals surface area contributed by atoms with Crippen LogP contribution in [0.25, 0.3) is 0 Å². The van der Waals surface area contributed by atoms with Crippen LogP contribution in [0.5, 0.6) is 0 Å². The Kier molecular flexibility index (Phi) is 7.59. The van der Waals surface area contributed by atoms with Gasteiger partial charge >= 0.3 is 0 Å². The fourth-order valence-electron chi connectivity index (χ4n) is 2.67. The predicted octanol–water partition coefficient (Wildman–Crippen LogP) is 2.53. The molecular weight excluding hydrogens is 396 g/mol. The zero-order valence-corrected chi connectivity index (χ0v) is 18.6. The lowest BCUT2D eigenvalue weighted by Gasteiger charge is -2.22. The molecule has 0 saturated carbocycles. The Hall–Kier alpha value is -1.94. The van der Waals surface area contributed by atoms with E-state index in [0.29, 0.717) is 12.2 Å². The number of thiophene rings is 1. The van der Waals surface area contributed by atoms with E-state index >= 15 is 0 Å². The fraction of sp³-hybridized carbons (Fsp3) is 0.421. The molecule has 0 atom stereocenters. The quantitative estimate of drug-likeness (QED) is 0.670. The summed E-state index contributed by atoms with van der Waals surface area (Å²) in [5, 5.41) is 4.90. The number of nitrogens with zero attached hydrogens (tertiary/aromatic N) is 3. The number of sulfonamides is 1. The maximum atomic E-state index is 12.7. The summed E-state index contributed by atoms with van der Waals surface area (Å²) in [4.78, 5) is 17.9. The molecule has 1 aromatic carbocycles. The fourth-order valence-corrected chi connectivity index (χ4v) is 4.35. The lowest BCUT2D eigenvalue weighted by molar-refractivity contribution is -0.117. The first-order valence-electron chi connectivity index (χ1n) is 8.93. The number of rotatable bonds is 9. The lowest BCUT2D eigenvalue weighted by Crippen LogP contribution is -2.33. The molecule has 28 heavy (non-hydrogen) atoms.